The molecule has 12 atom stereocenters. The standard InChI is InChI=1S/C65H98N20O16/c1-4-5-19-43(80-62(99)53(35(2)86)84-57(94)44(22-11-13-26-72-64(68)69)78-60(97)49(32-51(66)89)76-36(3)87)55(92)81-46-24-25-52(90)101-75-28-14-12-21-42(54(67)91)77-59(96)48(30-38-33-74-41-20-10-9-18-40(38)41)82-56(93)45(23-15-27-73-65(70)71)79-58(95)47(29-37-16-7-6-8-17-37)83-61(98)50-31-39(88)34-85(50)63(46)100/h6-10,16-18,20,33,35,39,42-50,53,74-75,86,88H,4-5,11-15,19,21-32,34H2,1-3H3,(H2,66,89)(H2,67,91)(H,76,87)(H,77,96)(H,78,97)(H,79,95)(H,80,99)(H,81,92)(H,82,93)(H,83,98)(H,84,94)(H4,68,69,72)(H4,70,71,73)/t35?,39?,42-,43-,44-,45-,46-,47+,48-,49-,50-,53-/m0/s1. The first-order valence-electron chi connectivity index (χ1n) is 33.6. The summed E-state index contributed by atoms with van der Waals surface area (Å²) in [7, 11) is 0. The number of carbonyl (C=O) groups is 13. The van der Waals surface area contributed by atoms with Gasteiger partial charge in [-0.25, -0.2) is 0 Å². The summed E-state index contributed by atoms with van der Waals surface area (Å²) in [6, 6.07) is 0.318. The molecule has 3 aromatic rings. The van der Waals surface area contributed by atoms with Crippen molar-refractivity contribution in [3.05, 3.63) is 71.9 Å². The number of hydrogen-bond acceptors (Lipinski definition) is 19. The number of H-pyrrole nitrogens is 1. The molecular formula is C65H98N20O16. The molecular weight excluding hydrogens is 1320 g/mol. The van der Waals surface area contributed by atoms with Gasteiger partial charge in [0, 0.05) is 75.9 Å². The number of para-hydroxylation sites is 1. The van der Waals surface area contributed by atoms with Gasteiger partial charge in [0.25, 0.3) is 0 Å². The zero-order chi connectivity index (χ0) is 74.3. The summed E-state index contributed by atoms with van der Waals surface area (Å²) in [4.78, 5) is 199. The van der Waals surface area contributed by atoms with Gasteiger partial charge in [-0.1, -0.05) is 68.3 Å². The van der Waals surface area contributed by atoms with Crippen molar-refractivity contribution < 1.29 is 77.4 Å². The molecule has 0 radical (unpaired) electrons. The molecule has 0 spiro atoms. The maximum atomic E-state index is 15.2. The first-order chi connectivity index (χ1) is 48.0. The molecule has 3 heterocycles. The van der Waals surface area contributed by atoms with Crippen LogP contribution < -0.4 is 87.7 Å². The lowest BCUT2D eigenvalue weighted by Crippen LogP contribution is -2.62. The van der Waals surface area contributed by atoms with Gasteiger partial charge in [0.05, 0.1) is 18.6 Å². The van der Waals surface area contributed by atoms with E-state index < -0.39 is 182 Å². The molecule has 2 unspecified atom stereocenters. The number of hydroxylamine groups is 1. The SMILES string of the molecule is CCCC[C@H](NC(=O)[C@@H](NC(=O)[C@H](CCCCN=C(N)N)NC(=O)[C@H](CC(N)=O)NC(C)=O)C(C)O)C(=O)N[C@H]1CCC(=O)ONCCCC[C@@H](C(N)=O)NC(=O)[C@H](Cc2c[nH]c3ccccc23)NC(=O)[C@H](CCCN=C(N)N)NC(=O)[C@@H](Cc2ccccc2)NC(=O)[C@@H]2CC(O)CN2C1=O. The number of fused-ring (bicyclic) bond motifs is 2. The largest absolute Gasteiger partial charge is 0.391 e. The third kappa shape index (κ3) is 27.3. The highest BCUT2D eigenvalue weighted by Gasteiger charge is 2.44. The Balaban J connectivity index is 1.49. The van der Waals surface area contributed by atoms with E-state index >= 15 is 4.79 Å². The van der Waals surface area contributed by atoms with Gasteiger partial charge in [0.15, 0.2) is 11.9 Å². The maximum Gasteiger partial charge on any atom is 0.324 e. The zero-order valence-corrected chi connectivity index (χ0v) is 57.0. The lowest BCUT2D eigenvalue weighted by molar-refractivity contribution is -0.152. The number of aromatic amines is 1. The monoisotopic (exact) mass is 1410 g/mol. The number of hydrogen-bond donors (Lipinski definition) is 19. The van der Waals surface area contributed by atoms with E-state index in [1.807, 2.05) is 12.1 Å². The molecule has 5 rings (SSSR count). The second-order valence-corrected chi connectivity index (χ2v) is 24.9. The lowest BCUT2D eigenvalue weighted by atomic mass is 10.0. The van der Waals surface area contributed by atoms with Crippen molar-refractivity contribution in [3.8, 4) is 0 Å². The van der Waals surface area contributed by atoms with Crippen LogP contribution in [0.1, 0.15) is 128 Å². The van der Waals surface area contributed by atoms with Crippen LogP contribution in [0.4, 0.5) is 0 Å². The fraction of sp³-hybridized carbons (Fsp3) is 0.554. The average Bonchev–Trinajstić information content (AvgIpc) is 1.72. The van der Waals surface area contributed by atoms with Gasteiger partial charge in [-0.3, -0.25) is 72.3 Å². The van der Waals surface area contributed by atoms with Gasteiger partial charge in [-0.15, -0.1) is 0 Å². The summed E-state index contributed by atoms with van der Waals surface area (Å²) in [5.74, 6) is -12.7. The quantitative estimate of drug-likeness (QED) is 0.0175. The van der Waals surface area contributed by atoms with Gasteiger partial charge < -0.3 is 107 Å². The van der Waals surface area contributed by atoms with Crippen LogP contribution in [0.2, 0.25) is 0 Å². The van der Waals surface area contributed by atoms with E-state index in [-0.39, 0.29) is 102 Å². The molecule has 0 bridgehead atoms. The molecule has 2 saturated heterocycles. The molecule has 0 saturated carbocycles. The highest BCUT2D eigenvalue weighted by atomic mass is 16.7. The van der Waals surface area contributed by atoms with E-state index in [9.17, 15) is 67.7 Å². The zero-order valence-electron chi connectivity index (χ0n) is 57.0. The maximum absolute atomic E-state index is 15.2. The Bertz CT molecular complexity index is 3400. The summed E-state index contributed by atoms with van der Waals surface area (Å²) in [5, 5.41) is 46.2. The Labute approximate surface area is 583 Å². The molecule has 101 heavy (non-hydrogen) atoms. The number of aliphatic hydroxyl groups is 2. The van der Waals surface area contributed by atoms with Crippen LogP contribution in [-0.2, 0) is 80.0 Å². The Morgan fingerprint density at radius 2 is 1.28 bits per heavy atom. The fourth-order valence-electron chi connectivity index (χ4n) is 11.4. The molecule has 554 valence electrons. The average molecular weight is 1420 g/mol. The second-order valence-electron chi connectivity index (χ2n) is 24.9. The van der Waals surface area contributed by atoms with Gasteiger partial charge in [0.1, 0.15) is 60.4 Å². The van der Waals surface area contributed by atoms with Crippen LogP contribution in [0, 0.1) is 0 Å². The van der Waals surface area contributed by atoms with Gasteiger partial charge in [0.2, 0.25) is 70.9 Å². The highest BCUT2D eigenvalue weighted by Crippen LogP contribution is 2.23. The molecule has 12 amide bonds. The van der Waals surface area contributed by atoms with E-state index in [2.05, 4.69) is 68.3 Å². The third-order valence-corrected chi connectivity index (χ3v) is 16.7. The van der Waals surface area contributed by atoms with Crippen LogP contribution >= 0.6 is 0 Å². The van der Waals surface area contributed by atoms with Crippen molar-refractivity contribution in [1.82, 2.24) is 63.2 Å². The number of aliphatic hydroxyl groups excluding tert-OH is 2. The van der Waals surface area contributed by atoms with E-state index in [0.29, 0.717) is 24.0 Å². The van der Waals surface area contributed by atoms with Crippen LogP contribution in [0.15, 0.2) is 70.8 Å². The Morgan fingerprint density at radius 1 is 0.673 bits per heavy atom. The third-order valence-electron chi connectivity index (χ3n) is 16.7. The van der Waals surface area contributed by atoms with E-state index in [0.717, 1.165) is 29.7 Å². The molecule has 0 aliphatic carbocycles. The molecule has 2 aromatic carbocycles. The first-order valence-corrected chi connectivity index (χ1v) is 33.6. The van der Waals surface area contributed by atoms with E-state index in [1.54, 1.807) is 55.6 Å². The predicted octanol–water partition coefficient (Wildman–Crippen LogP) is -5.26. The highest BCUT2D eigenvalue weighted by molar-refractivity contribution is 6.00. The summed E-state index contributed by atoms with van der Waals surface area (Å²) >= 11 is 0. The molecule has 36 nitrogen and oxygen atoms in total. The van der Waals surface area contributed by atoms with Crippen LogP contribution in [0.3, 0.4) is 0 Å². The number of amides is 12. The number of benzene rings is 2. The number of guanidine groups is 2. The molecule has 2 aliphatic rings. The number of primary amides is 2. The number of rotatable bonds is 29. The van der Waals surface area contributed by atoms with Gasteiger partial charge in [-0.2, -0.15) is 5.48 Å². The van der Waals surface area contributed by atoms with Gasteiger partial charge in [-0.05, 0) is 88.3 Å². The van der Waals surface area contributed by atoms with Crippen molar-refractivity contribution >= 4 is 99.7 Å². The number of unbranched alkanes of at least 4 members (excludes halogenated alkanes) is 2. The van der Waals surface area contributed by atoms with Gasteiger partial charge >= 0.3 is 5.97 Å². The minimum absolute atomic E-state index is 0.00270. The summed E-state index contributed by atoms with van der Waals surface area (Å²) < 4.78 is 0. The minimum atomic E-state index is -1.84. The first kappa shape index (κ1) is 81.2. The van der Waals surface area contributed by atoms with Crippen molar-refractivity contribution in [3.63, 3.8) is 0 Å². The second kappa shape index (κ2) is 41.2. The summed E-state index contributed by atoms with van der Waals surface area (Å²) in [6.45, 7) is 3.62. The van der Waals surface area contributed by atoms with Crippen LogP contribution in [0.25, 0.3) is 10.9 Å². The lowest BCUT2D eigenvalue weighted by Gasteiger charge is -2.31. The molecule has 25 N–H and O–H groups in total. The van der Waals surface area contributed by atoms with Crippen molar-refractivity contribution in [2.45, 2.75) is 203 Å². The summed E-state index contributed by atoms with van der Waals surface area (Å²) in [6.07, 6.45) is -2.54. The number of carbonyl (C=O) groups excluding carboxylic acids is 13. The molecule has 36 heteroatoms. The Hall–Kier alpha value is -10.5. The summed E-state index contributed by atoms with van der Waals surface area (Å²) in [5.41, 5.74) is 37.7. The molecule has 2 aliphatic heterocycles. The van der Waals surface area contributed by atoms with Crippen LogP contribution in [0.5, 0.6) is 0 Å². The van der Waals surface area contributed by atoms with Crippen molar-refractivity contribution in [1.29, 1.82) is 0 Å². The number of aliphatic imine (C=N–C) groups is 2. The van der Waals surface area contributed by atoms with Crippen molar-refractivity contribution in [2.24, 2.45) is 44.4 Å². The topological polar surface area (TPSA) is 592 Å². The molecule has 2 fully saturated rings. The molecule has 1 aromatic heterocycles. The minimum Gasteiger partial charge on any atom is -0.391 e. The number of aromatic nitrogens is 1. The predicted molar refractivity (Wildman–Crippen MR) is 367 cm³/mol. The smallest absolute Gasteiger partial charge is 0.324 e. The number of nitrogens with one attached hydrogen (secondary N) is 11. The van der Waals surface area contributed by atoms with E-state index in [1.165, 1.54) is 0 Å². The normalized spacial score (nSPS) is 21.4. The Kier molecular flexibility index (Phi) is 33.1. The van der Waals surface area contributed by atoms with E-state index in [4.69, 9.17) is 39.2 Å². The van der Waals surface area contributed by atoms with Crippen molar-refractivity contribution in [2.75, 3.05) is 26.2 Å². The van der Waals surface area contributed by atoms with Crippen LogP contribution in [-0.4, -0.2) is 208 Å². The fourth-order valence-corrected chi connectivity index (χ4v) is 11.4. The number of nitrogens with zero attached hydrogens (tertiary/aromatic N) is 3. The number of nitrogens with two attached hydrogens (primary N) is 6. The Morgan fingerprint density at radius 3 is 1.94 bits per heavy atom.